The van der Waals surface area contributed by atoms with E-state index in [-0.39, 0.29) is 12.4 Å². The Kier molecular flexibility index (Phi) is 3.63. The summed E-state index contributed by atoms with van der Waals surface area (Å²) in [6, 6.07) is 3.89. The Labute approximate surface area is 84.1 Å². The van der Waals surface area contributed by atoms with Gasteiger partial charge in [-0.2, -0.15) is 0 Å². The molecule has 0 atom stereocenters. The number of carbonyl (C=O) groups is 1. The van der Waals surface area contributed by atoms with Crippen molar-refractivity contribution in [3.05, 3.63) is 29.1 Å². The highest BCUT2D eigenvalue weighted by Crippen LogP contribution is 2.05. The Bertz CT molecular complexity index is 314. The van der Waals surface area contributed by atoms with E-state index in [1.807, 2.05) is 26.0 Å². The van der Waals surface area contributed by atoms with Crippen LogP contribution in [0.4, 0.5) is 0 Å². The topological polar surface area (TPSA) is 39.2 Å². The first-order valence-corrected chi connectivity index (χ1v) is 4.71. The normalized spacial score (nSPS) is 9.93. The molecule has 0 fully saturated rings. The Morgan fingerprint density at radius 1 is 1.43 bits per heavy atom. The highest BCUT2D eigenvalue weighted by atomic mass is 16.5. The predicted molar refractivity (Wildman–Crippen MR) is 54.0 cm³/mol. The molecule has 0 N–H and O–H groups in total. The highest BCUT2D eigenvalue weighted by molar-refractivity contribution is 5.72. The predicted octanol–water partition coefficient (Wildman–Crippen LogP) is 1.80. The van der Waals surface area contributed by atoms with Crippen LogP contribution in [0.15, 0.2) is 12.1 Å². The number of aryl methyl sites for hydroxylation is 2. The van der Waals surface area contributed by atoms with E-state index in [0.717, 1.165) is 17.0 Å². The van der Waals surface area contributed by atoms with E-state index in [9.17, 15) is 4.79 Å². The van der Waals surface area contributed by atoms with Crippen LogP contribution in [0.3, 0.4) is 0 Å². The van der Waals surface area contributed by atoms with E-state index in [0.29, 0.717) is 6.61 Å². The fourth-order valence-corrected chi connectivity index (χ4v) is 1.38. The van der Waals surface area contributed by atoms with Crippen LogP contribution in [0.2, 0.25) is 0 Å². The maximum atomic E-state index is 11.2. The summed E-state index contributed by atoms with van der Waals surface area (Å²) >= 11 is 0. The van der Waals surface area contributed by atoms with Crippen molar-refractivity contribution in [1.29, 1.82) is 0 Å². The fraction of sp³-hybridized carbons (Fsp3) is 0.455. The molecule has 3 heteroatoms. The molecular weight excluding hydrogens is 178 g/mol. The van der Waals surface area contributed by atoms with Crippen molar-refractivity contribution in [2.75, 3.05) is 6.61 Å². The second-order valence-corrected chi connectivity index (χ2v) is 3.26. The minimum Gasteiger partial charge on any atom is -0.466 e. The Hall–Kier alpha value is -1.38. The van der Waals surface area contributed by atoms with Crippen LogP contribution in [-0.2, 0) is 16.0 Å². The molecule has 0 unspecified atom stereocenters. The number of nitrogens with zero attached hydrogens (tertiary/aromatic N) is 1. The minimum atomic E-state index is -0.218. The lowest BCUT2D eigenvalue weighted by atomic mass is 10.2. The first-order valence-electron chi connectivity index (χ1n) is 4.71. The van der Waals surface area contributed by atoms with Crippen LogP contribution >= 0.6 is 0 Å². The van der Waals surface area contributed by atoms with E-state index in [2.05, 4.69) is 4.98 Å². The molecule has 1 aromatic heterocycles. The van der Waals surface area contributed by atoms with Gasteiger partial charge in [-0.05, 0) is 38.5 Å². The van der Waals surface area contributed by atoms with Crippen molar-refractivity contribution >= 4 is 5.97 Å². The third-order valence-corrected chi connectivity index (χ3v) is 1.78. The van der Waals surface area contributed by atoms with Gasteiger partial charge in [-0.3, -0.25) is 9.78 Å². The van der Waals surface area contributed by atoms with Gasteiger partial charge in [0.05, 0.1) is 18.7 Å². The molecular formula is C11H15NO2. The van der Waals surface area contributed by atoms with E-state index >= 15 is 0 Å². The SMILES string of the molecule is CCOC(=O)Cc1cc(C)cc(C)n1. The molecule has 0 saturated heterocycles. The summed E-state index contributed by atoms with van der Waals surface area (Å²) in [5.41, 5.74) is 2.84. The number of rotatable bonds is 3. The summed E-state index contributed by atoms with van der Waals surface area (Å²) in [6.07, 6.45) is 0.260. The molecule has 0 aliphatic heterocycles. The zero-order chi connectivity index (χ0) is 10.6. The molecule has 0 spiro atoms. The second kappa shape index (κ2) is 4.74. The van der Waals surface area contributed by atoms with Gasteiger partial charge in [-0.1, -0.05) is 0 Å². The molecule has 1 aromatic rings. The van der Waals surface area contributed by atoms with Gasteiger partial charge in [0.2, 0.25) is 0 Å². The quantitative estimate of drug-likeness (QED) is 0.687. The van der Waals surface area contributed by atoms with Gasteiger partial charge in [0.1, 0.15) is 0 Å². The second-order valence-electron chi connectivity index (χ2n) is 3.26. The van der Waals surface area contributed by atoms with Crippen LogP contribution in [0.5, 0.6) is 0 Å². The number of hydrogen-bond acceptors (Lipinski definition) is 3. The molecule has 1 heterocycles. The minimum absolute atomic E-state index is 0.218. The van der Waals surface area contributed by atoms with Gasteiger partial charge in [0, 0.05) is 5.69 Å². The highest BCUT2D eigenvalue weighted by Gasteiger charge is 2.05. The molecule has 0 bridgehead atoms. The molecule has 0 aliphatic carbocycles. The molecule has 0 radical (unpaired) electrons. The summed E-state index contributed by atoms with van der Waals surface area (Å²) < 4.78 is 4.85. The van der Waals surface area contributed by atoms with E-state index < -0.39 is 0 Å². The zero-order valence-electron chi connectivity index (χ0n) is 8.83. The summed E-state index contributed by atoms with van der Waals surface area (Å²) in [5, 5.41) is 0. The van der Waals surface area contributed by atoms with E-state index in [4.69, 9.17) is 4.74 Å². The lowest BCUT2D eigenvalue weighted by Gasteiger charge is -2.03. The van der Waals surface area contributed by atoms with Crippen molar-refractivity contribution in [3.8, 4) is 0 Å². The van der Waals surface area contributed by atoms with Gasteiger partial charge in [-0.15, -0.1) is 0 Å². The fourth-order valence-electron chi connectivity index (χ4n) is 1.38. The number of pyridine rings is 1. The van der Waals surface area contributed by atoms with Crippen LogP contribution in [0.1, 0.15) is 23.9 Å². The molecule has 14 heavy (non-hydrogen) atoms. The Balaban J connectivity index is 2.71. The third kappa shape index (κ3) is 3.17. The average Bonchev–Trinajstić information content (AvgIpc) is 2.01. The number of esters is 1. The van der Waals surface area contributed by atoms with Gasteiger partial charge in [0.15, 0.2) is 0 Å². The van der Waals surface area contributed by atoms with Crippen molar-refractivity contribution in [1.82, 2.24) is 4.98 Å². The molecule has 0 aromatic carbocycles. The van der Waals surface area contributed by atoms with Gasteiger partial charge < -0.3 is 4.74 Å². The van der Waals surface area contributed by atoms with Gasteiger partial charge in [-0.25, -0.2) is 0 Å². The monoisotopic (exact) mass is 193 g/mol. The summed E-state index contributed by atoms with van der Waals surface area (Å²) in [4.78, 5) is 15.4. The van der Waals surface area contributed by atoms with Crippen molar-refractivity contribution in [3.63, 3.8) is 0 Å². The molecule has 1 rings (SSSR count). The molecule has 3 nitrogen and oxygen atoms in total. The molecule has 0 aliphatic rings. The van der Waals surface area contributed by atoms with Crippen LogP contribution in [0, 0.1) is 13.8 Å². The Morgan fingerprint density at radius 3 is 2.71 bits per heavy atom. The van der Waals surface area contributed by atoms with Crippen molar-refractivity contribution in [2.24, 2.45) is 0 Å². The number of hydrogen-bond donors (Lipinski definition) is 0. The largest absolute Gasteiger partial charge is 0.466 e. The number of ether oxygens (including phenoxy) is 1. The van der Waals surface area contributed by atoms with Crippen LogP contribution in [0.25, 0.3) is 0 Å². The molecule has 0 saturated carbocycles. The van der Waals surface area contributed by atoms with E-state index in [1.54, 1.807) is 6.92 Å². The van der Waals surface area contributed by atoms with E-state index in [1.165, 1.54) is 0 Å². The summed E-state index contributed by atoms with van der Waals surface area (Å²) in [6.45, 7) is 6.13. The molecule has 76 valence electrons. The smallest absolute Gasteiger partial charge is 0.311 e. The zero-order valence-corrected chi connectivity index (χ0v) is 8.83. The van der Waals surface area contributed by atoms with Crippen molar-refractivity contribution < 1.29 is 9.53 Å². The third-order valence-electron chi connectivity index (χ3n) is 1.78. The summed E-state index contributed by atoms with van der Waals surface area (Å²) in [7, 11) is 0. The van der Waals surface area contributed by atoms with Gasteiger partial charge >= 0.3 is 5.97 Å². The first kappa shape index (κ1) is 10.7. The maximum Gasteiger partial charge on any atom is 0.311 e. The number of aromatic nitrogens is 1. The van der Waals surface area contributed by atoms with Gasteiger partial charge in [0.25, 0.3) is 0 Å². The lowest BCUT2D eigenvalue weighted by molar-refractivity contribution is -0.142. The average molecular weight is 193 g/mol. The lowest BCUT2D eigenvalue weighted by Crippen LogP contribution is -2.09. The van der Waals surface area contributed by atoms with Crippen LogP contribution < -0.4 is 0 Å². The van der Waals surface area contributed by atoms with Crippen LogP contribution in [-0.4, -0.2) is 17.6 Å². The molecule has 0 amide bonds. The Morgan fingerprint density at radius 2 is 2.14 bits per heavy atom. The number of carbonyl (C=O) groups excluding carboxylic acids is 1. The maximum absolute atomic E-state index is 11.2. The first-order chi connectivity index (χ1) is 6.61. The summed E-state index contributed by atoms with van der Waals surface area (Å²) in [5.74, 6) is -0.218. The van der Waals surface area contributed by atoms with Crippen molar-refractivity contribution in [2.45, 2.75) is 27.2 Å². The standard InChI is InChI=1S/C11H15NO2/c1-4-14-11(13)7-10-6-8(2)5-9(3)12-10/h5-6H,4,7H2,1-3H3.